The van der Waals surface area contributed by atoms with E-state index in [2.05, 4.69) is 131 Å². The van der Waals surface area contributed by atoms with Crippen LogP contribution in [0.3, 0.4) is 0 Å². The minimum atomic E-state index is 0.178. The van der Waals surface area contributed by atoms with E-state index in [1.807, 2.05) is 0 Å². The molecule has 7 rings (SSSR count). The number of hydrogen-bond donors (Lipinski definition) is 3. The Bertz CT molecular complexity index is 1430. The number of hydrogen-bond acceptors (Lipinski definition) is 4. The highest BCUT2D eigenvalue weighted by Gasteiger charge is 2.70. The van der Waals surface area contributed by atoms with E-state index in [0.717, 1.165) is 29.1 Å². The summed E-state index contributed by atoms with van der Waals surface area (Å²) in [7, 11) is 0. The lowest BCUT2D eigenvalue weighted by Gasteiger charge is -2.73. The predicted octanol–water partition coefficient (Wildman–Crippen LogP) is 10.7. The van der Waals surface area contributed by atoms with Crippen LogP contribution in [0, 0.1) is 56.7 Å². The number of nitrogens with zero attached hydrogens (tertiary/aromatic N) is 1. The SMILES string of the molecule is C=C(C)C1CCC2(C=NNc3ccccc3)CC[C@]3(C)[C@H](CC[C@@H]4[C@@]5(C)CCC(NNc6ccccc6)C(C)(C)[C@@H]5CC[C@]43C)C12. The quantitative estimate of drug-likeness (QED) is 0.164. The third kappa shape index (κ3) is 4.82. The van der Waals surface area contributed by atoms with Crippen molar-refractivity contribution in [1.29, 1.82) is 0 Å². The van der Waals surface area contributed by atoms with E-state index in [4.69, 9.17) is 5.10 Å². The first-order valence-electron chi connectivity index (χ1n) is 18.5. The van der Waals surface area contributed by atoms with Gasteiger partial charge in [-0.05, 0) is 147 Å². The number of fused-ring (bicyclic) bond motifs is 7. The highest BCUT2D eigenvalue weighted by molar-refractivity contribution is 5.69. The summed E-state index contributed by atoms with van der Waals surface area (Å²) in [5.74, 6) is 3.51. The van der Waals surface area contributed by atoms with E-state index in [9.17, 15) is 0 Å². The summed E-state index contributed by atoms with van der Waals surface area (Å²) in [6.07, 6.45) is 15.5. The second-order valence-electron chi connectivity index (χ2n) is 17.7. The Morgan fingerprint density at radius 1 is 0.739 bits per heavy atom. The number of hydrazone groups is 1. The smallest absolute Gasteiger partial charge is 0.0561 e. The van der Waals surface area contributed by atoms with Crippen LogP contribution in [0.2, 0.25) is 0 Å². The molecule has 10 atom stereocenters. The molecule has 0 radical (unpaired) electrons. The van der Waals surface area contributed by atoms with Gasteiger partial charge in [0.05, 0.1) is 5.69 Å². The van der Waals surface area contributed by atoms with Crippen molar-refractivity contribution in [2.75, 3.05) is 10.9 Å². The van der Waals surface area contributed by atoms with Crippen LogP contribution in [0.15, 0.2) is 77.9 Å². The minimum absolute atomic E-state index is 0.178. The van der Waals surface area contributed by atoms with Gasteiger partial charge in [0, 0.05) is 23.4 Å². The second-order valence-corrected chi connectivity index (χ2v) is 17.7. The van der Waals surface area contributed by atoms with Gasteiger partial charge in [0.25, 0.3) is 0 Å². The first-order chi connectivity index (χ1) is 21.9. The van der Waals surface area contributed by atoms with Crippen LogP contribution in [-0.2, 0) is 0 Å². The Kier molecular flexibility index (Phi) is 8.02. The van der Waals surface area contributed by atoms with Crippen molar-refractivity contribution in [3.8, 4) is 0 Å². The number of anilines is 2. The molecule has 4 nitrogen and oxygen atoms in total. The van der Waals surface area contributed by atoms with Gasteiger partial charge in [-0.1, -0.05) is 83.2 Å². The van der Waals surface area contributed by atoms with Crippen molar-refractivity contribution in [1.82, 2.24) is 5.43 Å². The van der Waals surface area contributed by atoms with Crippen LogP contribution in [0.1, 0.15) is 106 Å². The first kappa shape index (κ1) is 32.0. The maximum atomic E-state index is 4.96. The molecule has 5 aliphatic carbocycles. The molecule has 2 aromatic carbocycles. The fourth-order valence-corrected chi connectivity index (χ4v) is 13.1. The number of hydrazine groups is 1. The zero-order valence-corrected chi connectivity index (χ0v) is 29.5. The number of benzene rings is 2. The van der Waals surface area contributed by atoms with E-state index < -0.39 is 0 Å². The van der Waals surface area contributed by atoms with Crippen LogP contribution >= 0.6 is 0 Å². The van der Waals surface area contributed by atoms with E-state index >= 15 is 0 Å². The van der Waals surface area contributed by atoms with Gasteiger partial charge in [-0.2, -0.15) is 5.10 Å². The molecule has 0 amide bonds. The van der Waals surface area contributed by atoms with Crippen molar-refractivity contribution in [3.63, 3.8) is 0 Å². The van der Waals surface area contributed by atoms with Crippen LogP contribution in [0.25, 0.3) is 0 Å². The Morgan fingerprint density at radius 2 is 1.43 bits per heavy atom. The summed E-state index contributed by atoms with van der Waals surface area (Å²) < 4.78 is 0. The Morgan fingerprint density at radius 3 is 2.13 bits per heavy atom. The molecule has 4 heteroatoms. The molecule has 46 heavy (non-hydrogen) atoms. The summed E-state index contributed by atoms with van der Waals surface area (Å²) in [4.78, 5) is 0. The Balaban J connectivity index is 1.15. The maximum absolute atomic E-state index is 4.96. The predicted molar refractivity (Wildman–Crippen MR) is 195 cm³/mol. The maximum Gasteiger partial charge on any atom is 0.0561 e. The number of para-hydroxylation sites is 2. The Hall–Kier alpha value is -2.59. The van der Waals surface area contributed by atoms with Crippen molar-refractivity contribution >= 4 is 17.6 Å². The third-order valence-corrected chi connectivity index (χ3v) is 15.6. The van der Waals surface area contributed by atoms with Crippen molar-refractivity contribution in [2.24, 2.45) is 61.8 Å². The van der Waals surface area contributed by atoms with Crippen LogP contribution in [0.5, 0.6) is 0 Å². The van der Waals surface area contributed by atoms with E-state index in [1.165, 1.54) is 69.8 Å². The molecule has 0 heterocycles. The lowest BCUT2D eigenvalue weighted by atomic mass is 9.32. The summed E-state index contributed by atoms with van der Waals surface area (Å²) >= 11 is 0. The molecular formula is C42H60N4. The summed E-state index contributed by atoms with van der Waals surface area (Å²) in [5.41, 5.74) is 15.9. The van der Waals surface area contributed by atoms with E-state index in [-0.39, 0.29) is 10.8 Å². The molecule has 4 unspecified atom stereocenters. The van der Waals surface area contributed by atoms with Crippen molar-refractivity contribution in [3.05, 3.63) is 72.8 Å². The number of nitrogens with one attached hydrogen (secondary N) is 3. The molecule has 0 saturated heterocycles. The van der Waals surface area contributed by atoms with Crippen LogP contribution in [-0.4, -0.2) is 12.3 Å². The van der Waals surface area contributed by atoms with Gasteiger partial charge in [0.2, 0.25) is 0 Å². The molecule has 0 spiro atoms. The molecule has 2 aromatic rings. The molecule has 0 aliphatic heterocycles. The normalized spacial score (nSPS) is 42.7. The molecule has 248 valence electrons. The number of rotatable bonds is 7. The fraction of sp³-hybridized carbons (Fsp3) is 0.643. The molecule has 3 N–H and O–H groups in total. The first-order valence-corrected chi connectivity index (χ1v) is 18.5. The lowest BCUT2D eigenvalue weighted by molar-refractivity contribution is -0.234. The van der Waals surface area contributed by atoms with Crippen molar-refractivity contribution < 1.29 is 0 Å². The standard InChI is InChI=1S/C42H60N4/c1-29(2)32-20-25-42(28-43-44-30-14-10-8-11-15-30)27-26-40(6)33(37(32)42)18-19-35-39(5)23-22-36(46-45-31-16-12-9-13-17-31)38(3,4)34(39)21-24-41(35,40)7/h8-17,28,32-37,44-46H,1,18-27H2,2-7H3/t32?,33-,34+,35-,36?,37?,39+,40-,41-,42?/m1/s1. The topological polar surface area (TPSA) is 48.5 Å². The van der Waals surface area contributed by atoms with Crippen molar-refractivity contribution in [2.45, 2.75) is 112 Å². The summed E-state index contributed by atoms with van der Waals surface area (Å²) in [5, 5.41) is 4.96. The van der Waals surface area contributed by atoms with E-state index in [0.29, 0.717) is 34.1 Å². The lowest BCUT2D eigenvalue weighted by Crippen LogP contribution is -2.67. The third-order valence-electron chi connectivity index (χ3n) is 15.6. The molecule has 0 bridgehead atoms. The largest absolute Gasteiger partial charge is 0.321 e. The van der Waals surface area contributed by atoms with Crippen LogP contribution in [0.4, 0.5) is 11.4 Å². The molecule has 5 saturated carbocycles. The van der Waals surface area contributed by atoms with Gasteiger partial charge in [-0.3, -0.25) is 5.43 Å². The van der Waals surface area contributed by atoms with Gasteiger partial charge in [0.15, 0.2) is 0 Å². The minimum Gasteiger partial charge on any atom is -0.321 e. The second kappa shape index (κ2) is 11.5. The van der Waals surface area contributed by atoms with Gasteiger partial charge in [0.1, 0.15) is 0 Å². The van der Waals surface area contributed by atoms with Gasteiger partial charge in [-0.25, -0.2) is 5.43 Å². The monoisotopic (exact) mass is 620 g/mol. The highest BCUT2D eigenvalue weighted by Crippen LogP contribution is 2.77. The van der Waals surface area contributed by atoms with Gasteiger partial charge >= 0.3 is 0 Å². The van der Waals surface area contributed by atoms with Gasteiger partial charge in [-0.15, -0.1) is 0 Å². The zero-order chi connectivity index (χ0) is 32.4. The number of allylic oxidation sites excluding steroid dienone is 1. The highest BCUT2D eigenvalue weighted by atomic mass is 15.4. The van der Waals surface area contributed by atoms with Gasteiger partial charge < -0.3 is 5.43 Å². The average molecular weight is 621 g/mol. The van der Waals surface area contributed by atoms with Crippen LogP contribution < -0.4 is 16.3 Å². The average Bonchev–Trinajstić information content (AvgIpc) is 3.42. The molecule has 5 aliphatic rings. The summed E-state index contributed by atoms with van der Waals surface area (Å²) in [6, 6.07) is 21.5. The van der Waals surface area contributed by atoms with E-state index in [1.54, 1.807) is 0 Å². The summed E-state index contributed by atoms with van der Waals surface area (Å²) in [6.45, 7) is 20.3. The molecule has 5 fully saturated rings. The molecular weight excluding hydrogens is 560 g/mol. The molecule has 0 aromatic heterocycles. The zero-order valence-electron chi connectivity index (χ0n) is 29.5. The fourth-order valence-electron chi connectivity index (χ4n) is 13.1. The Labute approximate surface area is 279 Å².